The van der Waals surface area contributed by atoms with E-state index in [0.717, 1.165) is 61.0 Å². The van der Waals surface area contributed by atoms with Crippen LogP contribution in [-0.4, -0.2) is 65.5 Å². The summed E-state index contributed by atoms with van der Waals surface area (Å²) in [5.74, 6) is -0.402. The minimum absolute atomic E-state index is 0.324. The monoisotopic (exact) mass is 331 g/mol. The second-order valence-electron chi connectivity index (χ2n) is 6.34. The topological polar surface area (TPSA) is 65.9 Å². The summed E-state index contributed by atoms with van der Waals surface area (Å²) < 4.78 is 5.40. The van der Waals surface area contributed by atoms with E-state index in [9.17, 15) is 10.0 Å². The molecule has 2 aliphatic rings. The highest BCUT2D eigenvalue weighted by molar-refractivity contribution is 5.95. The number of pyridine rings is 1. The fourth-order valence-electron chi connectivity index (χ4n) is 3.49. The van der Waals surface area contributed by atoms with Gasteiger partial charge in [0.15, 0.2) is 0 Å². The maximum Gasteiger partial charge on any atom is 0.296 e. The van der Waals surface area contributed by atoms with Crippen molar-refractivity contribution < 1.29 is 14.7 Å². The summed E-state index contributed by atoms with van der Waals surface area (Å²) >= 11 is 0. The molecule has 0 aliphatic carbocycles. The van der Waals surface area contributed by atoms with E-state index in [-0.39, 0.29) is 0 Å². The summed E-state index contributed by atoms with van der Waals surface area (Å²) in [6.45, 7) is 8.95. The van der Waals surface area contributed by atoms with Gasteiger partial charge < -0.3 is 4.74 Å². The third-order valence-electron chi connectivity index (χ3n) is 4.85. The van der Waals surface area contributed by atoms with Crippen LogP contribution in [0.2, 0.25) is 0 Å². The van der Waals surface area contributed by atoms with Gasteiger partial charge in [0, 0.05) is 25.8 Å². The van der Waals surface area contributed by atoms with Gasteiger partial charge >= 0.3 is 0 Å². The lowest BCUT2D eigenvalue weighted by molar-refractivity contribution is -0.0607. The molecule has 6 heteroatoms. The van der Waals surface area contributed by atoms with Crippen molar-refractivity contribution in [3.8, 4) is 0 Å². The molecule has 1 saturated heterocycles. The van der Waals surface area contributed by atoms with Crippen LogP contribution in [0.3, 0.4) is 0 Å². The van der Waals surface area contributed by atoms with Crippen molar-refractivity contribution in [1.82, 2.24) is 14.9 Å². The Labute approximate surface area is 142 Å². The summed E-state index contributed by atoms with van der Waals surface area (Å²) in [6, 6.07) is 0. The van der Waals surface area contributed by atoms with Gasteiger partial charge in [-0.1, -0.05) is 6.08 Å². The second-order valence-corrected chi connectivity index (χ2v) is 6.34. The van der Waals surface area contributed by atoms with Gasteiger partial charge in [0.05, 0.1) is 19.8 Å². The zero-order valence-corrected chi connectivity index (χ0v) is 14.4. The number of allylic oxidation sites excluding steroid dienone is 1. The molecule has 0 atom stereocenters. The number of hydrogen-bond acceptors (Lipinski definition) is 5. The highest BCUT2D eigenvalue weighted by Gasteiger charge is 2.28. The molecule has 0 unspecified atom stereocenters. The van der Waals surface area contributed by atoms with E-state index in [4.69, 9.17) is 4.74 Å². The number of rotatable bonds is 4. The molecule has 130 valence electrons. The van der Waals surface area contributed by atoms with Crippen LogP contribution in [0.5, 0.6) is 0 Å². The van der Waals surface area contributed by atoms with Gasteiger partial charge in [-0.15, -0.1) is 0 Å². The molecule has 0 radical (unpaired) electrons. The van der Waals surface area contributed by atoms with Crippen LogP contribution in [0.25, 0.3) is 5.57 Å². The largest absolute Gasteiger partial charge is 0.379 e. The van der Waals surface area contributed by atoms with E-state index in [1.165, 1.54) is 5.57 Å². The van der Waals surface area contributed by atoms with Gasteiger partial charge in [0.25, 0.3) is 5.91 Å². The molecular formula is C18H25N3O3. The lowest BCUT2D eigenvalue weighted by Gasteiger charge is -2.28. The first-order chi connectivity index (χ1) is 11.6. The number of carbonyl (C=O) groups is 1. The first-order valence-electron chi connectivity index (χ1n) is 8.56. The van der Waals surface area contributed by atoms with Gasteiger partial charge in [-0.05, 0) is 49.0 Å². The van der Waals surface area contributed by atoms with Crippen molar-refractivity contribution in [2.75, 3.05) is 39.4 Å². The molecule has 1 amide bonds. The van der Waals surface area contributed by atoms with E-state index in [2.05, 4.69) is 16.0 Å². The van der Waals surface area contributed by atoms with E-state index in [1.807, 2.05) is 13.8 Å². The van der Waals surface area contributed by atoms with Crippen LogP contribution in [0.4, 0.5) is 0 Å². The molecule has 6 nitrogen and oxygen atoms in total. The Morgan fingerprint density at radius 3 is 2.83 bits per heavy atom. The second kappa shape index (κ2) is 7.42. The van der Waals surface area contributed by atoms with Crippen molar-refractivity contribution in [3.63, 3.8) is 0 Å². The van der Waals surface area contributed by atoms with E-state index in [0.29, 0.717) is 18.7 Å². The number of nitrogens with zero attached hydrogens (tertiary/aromatic N) is 3. The summed E-state index contributed by atoms with van der Waals surface area (Å²) in [6.07, 6.45) is 5.45. The number of amides is 1. The molecule has 1 N–H and O–H groups in total. The number of aryl methyl sites for hydroxylation is 1. The molecular weight excluding hydrogens is 306 g/mol. The van der Waals surface area contributed by atoms with Crippen molar-refractivity contribution in [2.45, 2.75) is 26.7 Å². The predicted molar refractivity (Wildman–Crippen MR) is 91.0 cm³/mol. The zero-order chi connectivity index (χ0) is 17.1. The fourth-order valence-corrected chi connectivity index (χ4v) is 3.49. The zero-order valence-electron chi connectivity index (χ0n) is 14.4. The summed E-state index contributed by atoms with van der Waals surface area (Å²) in [4.78, 5) is 18.9. The Hall–Kier alpha value is -1.76. The van der Waals surface area contributed by atoms with Gasteiger partial charge in [-0.3, -0.25) is 19.9 Å². The predicted octanol–water partition coefficient (Wildman–Crippen LogP) is 1.90. The quantitative estimate of drug-likeness (QED) is 0.854. The number of ether oxygens (including phenoxy) is 1. The third-order valence-corrected chi connectivity index (χ3v) is 4.85. The number of fused-ring (bicyclic) bond motifs is 1. The van der Waals surface area contributed by atoms with Crippen molar-refractivity contribution >= 4 is 11.5 Å². The Balaban J connectivity index is 1.85. The molecule has 3 heterocycles. The van der Waals surface area contributed by atoms with Crippen LogP contribution in [0, 0.1) is 6.92 Å². The van der Waals surface area contributed by atoms with Gasteiger partial charge in [-0.25, -0.2) is 5.06 Å². The van der Waals surface area contributed by atoms with Crippen LogP contribution >= 0.6 is 0 Å². The number of aromatic nitrogens is 1. The minimum Gasteiger partial charge on any atom is -0.379 e. The minimum atomic E-state index is -0.402. The molecule has 0 bridgehead atoms. The lowest BCUT2D eigenvalue weighted by Crippen LogP contribution is -2.37. The molecule has 2 aliphatic heterocycles. The molecule has 0 saturated carbocycles. The number of morpholine rings is 1. The van der Waals surface area contributed by atoms with Gasteiger partial charge in [0.2, 0.25) is 0 Å². The lowest BCUT2D eigenvalue weighted by atomic mass is 9.89. The Morgan fingerprint density at radius 1 is 1.38 bits per heavy atom. The standard InChI is InChI=1S/C18H25N3O3/c1-3-14(4-6-20-8-10-24-11-9-20)16-13(2)12-19-17-15(16)5-7-21(23)18(17)22/h3,12,23H,4-11H2,1-2H3/b14-3-. The maximum absolute atomic E-state index is 12.2. The number of carbonyl (C=O) groups excluding carboxylic acids is 1. The fraction of sp³-hybridized carbons (Fsp3) is 0.556. The highest BCUT2D eigenvalue weighted by Crippen LogP contribution is 2.30. The highest BCUT2D eigenvalue weighted by atomic mass is 16.5. The molecule has 3 rings (SSSR count). The number of hydroxylamine groups is 2. The van der Waals surface area contributed by atoms with E-state index >= 15 is 0 Å². The van der Waals surface area contributed by atoms with E-state index in [1.54, 1.807) is 6.20 Å². The number of hydrogen-bond donors (Lipinski definition) is 1. The first kappa shape index (κ1) is 17.1. The molecule has 0 aromatic carbocycles. The summed E-state index contributed by atoms with van der Waals surface area (Å²) in [5.41, 5.74) is 4.83. The molecule has 24 heavy (non-hydrogen) atoms. The Bertz CT molecular complexity index is 651. The maximum atomic E-state index is 12.2. The van der Waals surface area contributed by atoms with Crippen molar-refractivity contribution in [1.29, 1.82) is 0 Å². The SMILES string of the molecule is C/C=C(/CCN1CCOCC1)c1c(C)cnc2c1CCN(O)C2=O. The van der Waals surface area contributed by atoms with Gasteiger partial charge in [-0.2, -0.15) is 0 Å². The average molecular weight is 331 g/mol. The molecule has 1 fully saturated rings. The molecule has 1 aromatic rings. The molecule has 1 aromatic heterocycles. The summed E-state index contributed by atoms with van der Waals surface area (Å²) in [5, 5.41) is 10.4. The Kier molecular flexibility index (Phi) is 5.28. The summed E-state index contributed by atoms with van der Waals surface area (Å²) in [7, 11) is 0. The van der Waals surface area contributed by atoms with Crippen molar-refractivity contribution in [3.05, 3.63) is 34.7 Å². The van der Waals surface area contributed by atoms with Gasteiger partial charge in [0.1, 0.15) is 5.69 Å². The van der Waals surface area contributed by atoms with E-state index < -0.39 is 5.91 Å². The molecule has 0 spiro atoms. The smallest absolute Gasteiger partial charge is 0.296 e. The third kappa shape index (κ3) is 3.36. The van der Waals surface area contributed by atoms with Crippen LogP contribution in [0.15, 0.2) is 12.3 Å². The van der Waals surface area contributed by atoms with Crippen LogP contribution in [-0.2, 0) is 11.2 Å². The van der Waals surface area contributed by atoms with Crippen LogP contribution < -0.4 is 0 Å². The Morgan fingerprint density at radius 2 is 2.12 bits per heavy atom. The van der Waals surface area contributed by atoms with Crippen molar-refractivity contribution in [2.24, 2.45) is 0 Å². The average Bonchev–Trinajstić information content (AvgIpc) is 2.61. The first-order valence-corrected chi connectivity index (χ1v) is 8.56. The normalized spacial score (nSPS) is 19.5. The van der Waals surface area contributed by atoms with Crippen LogP contribution in [0.1, 0.15) is 40.5 Å².